The first-order valence-electron chi connectivity index (χ1n) is 15.3. The zero-order valence-electron chi connectivity index (χ0n) is 24.4. The highest BCUT2D eigenvalue weighted by Crippen LogP contribution is 2.25. The van der Waals surface area contributed by atoms with Gasteiger partial charge in [-0.1, -0.05) is 97.8 Å². The molecule has 0 aliphatic rings. The minimum atomic E-state index is -1.13. The molecule has 0 aromatic heterocycles. The van der Waals surface area contributed by atoms with Gasteiger partial charge >= 0.3 is 11.9 Å². The molecule has 8 nitrogen and oxygen atoms in total. The molecule has 0 rings (SSSR count). The van der Waals surface area contributed by atoms with Crippen LogP contribution in [0.25, 0.3) is 0 Å². The molecule has 0 fully saturated rings. The number of carbonyl (C=O) groups excluding carboxylic acids is 2. The summed E-state index contributed by atoms with van der Waals surface area (Å²) in [7, 11) is 0. The summed E-state index contributed by atoms with van der Waals surface area (Å²) in [4.78, 5) is 48.6. The number of unbranched alkanes of at least 4 members (excludes halogenated alkanes) is 11. The monoisotopic (exact) mass is 540 g/mol. The average molecular weight is 541 g/mol. The second-order valence-electron chi connectivity index (χ2n) is 10.7. The summed E-state index contributed by atoms with van der Waals surface area (Å²) in [6, 6.07) is 0. The number of aliphatic carboxylic acids is 2. The number of nitrogens with one attached hydrogen (secondary N) is 2. The van der Waals surface area contributed by atoms with Crippen LogP contribution in [0.3, 0.4) is 0 Å². The van der Waals surface area contributed by atoms with Gasteiger partial charge in [0.2, 0.25) is 11.8 Å². The Morgan fingerprint density at radius 1 is 0.579 bits per heavy atom. The molecular weight excluding hydrogens is 484 g/mol. The Morgan fingerprint density at radius 2 is 1.03 bits per heavy atom. The number of hydrogen-bond donors (Lipinski definition) is 4. The first kappa shape index (κ1) is 35.9. The van der Waals surface area contributed by atoms with Crippen molar-refractivity contribution in [2.45, 2.75) is 136 Å². The minimum Gasteiger partial charge on any atom is -0.481 e. The summed E-state index contributed by atoms with van der Waals surface area (Å²) >= 11 is 0. The highest BCUT2D eigenvalue weighted by Gasteiger charge is 2.32. The molecule has 38 heavy (non-hydrogen) atoms. The van der Waals surface area contributed by atoms with Crippen LogP contribution < -0.4 is 10.6 Å². The van der Waals surface area contributed by atoms with Crippen LogP contribution in [-0.4, -0.2) is 47.1 Å². The van der Waals surface area contributed by atoms with Crippen LogP contribution in [0.2, 0.25) is 0 Å². The third kappa shape index (κ3) is 18.2. The Hall–Kier alpha value is -2.12. The molecular formula is C30H56N2O6. The molecule has 0 bridgehead atoms. The van der Waals surface area contributed by atoms with Gasteiger partial charge in [-0.15, -0.1) is 0 Å². The van der Waals surface area contributed by atoms with E-state index in [0.29, 0.717) is 38.8 Å². The Morgan fingerprint density at radius 3 is 1.47 bits per heavy atom. The van der Waals surface area contributed by atoms with E-state index in [0.717, 1.165) is 32.1 Å². The van der Waals surface area contributed by atoms with Crippen LogP contribution >= 0.6 is 0 Å². The molecule has 3 unspecified atom stereocenters. The van der Waals surface area contributed by atoms with Gasteiger partial charge in [-0.25, -0.2) is 0 Å². The fraction of sp³-hybridized carbons (Fsp3) is 0.867. The Balaban J connectivity index is 4.93. The van der Waals surface area contributed by atoms with Crippen LogP contribution in [0.4, 0.5) is 0 Å². The van der Waals surface area contributed by atoms with Gasteiger partial charge in [0.15, 0.2) is 0 Å². The first-order valence-corrected chi connectivity index (χ1v) is 15.3. The maximum Gasteiger partial charge on any atom is 0.307 e. The Bertz CT molecular complexity index is 655. The van der Waals surface area contributed by atoms with Crippen LogP contribution in [0, 0.1) is 17.8 Å². The molecule has 3 atom stereocenters. The van der Waals surface area contributed by atoms with Crippen molar-refractivity contribution in [3.05, 3.63) is 0 Å². The van der Waals surface area contributed by atoms with Gasteiger partial charge in [0.05, 0.1) is 12.3 Å². The lowest BCUT2D eigenvalue weighted by molar-refractivity contribution is -0.148. The maximum atomic E-state index is 13.2. The molecule has 0 aromatic rings. The van der Waals surface area contributed by atoms with Crippen LogP contribution in [0.15, 0.2) is 0 Å². The quantitative estimate of drug-likeness (QED) is 0.0949. The fourth-order valence-corrected chi connectivity index (χ4v) is 4.94. The van der Waals surface area contributed by atoms with Gasteiger partial charge in [-0.2, -0.15) is 0 Å². The standard InChI is InChI=1S/C30H56N2O6/c1-4-7-9-11-13-17-21-31-28(35)25(6-3)26(29(36)32-22-18-14-12-10-8-5-2)20-16-15-19-24(30(37)38)23-27(33)34/h24-26H,4-23H2,1-3H3,(H,31,35)(H,32,36)(H,33,34)(H,37,38). The van der Waals surface area contributed by atoms with E-state index in [4.69, 9.17) is 5.11 Å². The third-order valence-electron chi connectivity index (χ3n) is 7.35. The first-order chi connectivity index (χ1) is 18.3. The summed E-state index contributed by atoms with van der Waals surface area (Å²) in [5.74, 6) is -4.29. The molecule has 0 aromatic carbocycles. The van der Waals surface area contributed by atoms with Crippen molar-refractivity contribution in [3.63, 3.8) is 0 Å². The highest BCUT2D eigenvalue weighted by atomic mass is 16.4. The zero-order valence-corrected chi connectivity index (χ0v) is 24.4. The molecule has 2 amide bonds. The highest BCUT2D eigenvalue weighted by molar-refractivity contribution is 5.87. The molecule has 4 N–H and O–H groups in total. The van der Waals surface area contributed by atoms with Gasteiger partial charge in [0.1, 0.15) is 0 Å². The smallest absolute Gasteiger partial charge is 0.307 e. The third-order valence-corrected chi connectivity index (χ3v) is 7.35. The maximum absolute atomic E-state index is 13.2. The van der Waals surface area contributed by atoms with Gasteiger partial charge in [0, 0.05) is 24.9 Å². The summed E-state index contributed by atoms with van der Waals surface area (Å²) in [6.07, 6.45) is 15.6. The van der Waals surface area contributed by atoms with Crippen LogP contribution in [0.5, 0.6) is 0 Å². The van der Waals surface area contributed by atoms with E-state index in [2.05, 4.69) is 24.5 Å². The Kier molecular flexibility index (Phi) is 22.6. The van der Waals surface area contributed by atoms with E-state index >= 15 is 0 Å². The average Bonchev–Trinajstić information content (AvgIpc) is 2.88. The molecule has 0 radical (unpaired) electrons. The topological polar surface area (TPSA) is 133 Å². The van der Waals surface area contributed by atoms with E-state index in [1.807, 2.05) is 6.92 Å². The van der Waals surface area contributed by atoms with Gasteiger partial charge in [-0.3, -0.25) is 19.2 Å². The number of amides is 2. The second kappa shape index (κ2) is 24.0. The number of carbonyl (C=O) groups is 4. The van der Waals surface area contributed by atoms with Crippen molar-refractivity contribution in [2.75, 3.05) is 13.1 Å². The molecule has 0 heterocycles. The number of carboxylic acids is 2. The predicted molar refractivity (Wildman–Crippen MR) is 152 cm³/mol. The van der Waals surface area contributed by atoms with Crippen molar-refractivity contribution in [1.82, 2.24) is 10.6 Å². The molecule has 8 heteroatoms. The summed E-state index contributed by atoms with van der Waals surface area (Å²) < 4.78 is 0. The largest absolute Gasteiger partial charge is 0.481 e. The molecule has 0 aliphatic carbocycles. The van der Waals surface area contributed by atoms with Crippen molar-refractivity contribution in [2.24, 2.45) is 17.8 Å². The molecule has 0 saturated carbocycles. The number of carboxylic acid groups (broad SMARTS) is 2. The van der Waals surface area contributed by atoms with E-state index in [1.54, 1.807) is 0 Å². The summed E-state index contributed by atoms with van der Waals surface area (Å²) in [5, 5.41) is 24.3. The van der Waals surface area contributed by atoms with Crippen molar-refractivity contribution in [3.8, 4) is 0 Å². The molecule has 0 aliphatic heterocycles. The van der Waals surface area contributed by atoms with Crippen molar-refractivity contribution in [1.29, 1.82) is 0 Å². The summed E-state index contributed by atoms with van der Waals surface area (Å²) in [6.45, 7) is 7.50. The number of rotatable bonds is 26. The van der Waals surface area contributed by atoms with E-state index in [-0.39, 0.29) is 18.2 Å². The predicted octanol–water partition coefficient (Wildman–Crippen LogP) is 6.32. The fourth-order valence-electron chi connectivity index (χ4n) is 4.94. The second-order valence-corrected chi connectivity index (χ2v) is 10.7. The molecule has 222 valence electrons. The number of hydrogen-bond acceptors (Lipinski definition) is 4. The van der Waals surface area contributed by atoms with Crippen LogP contribution in [0.1, 0.15) is 136 Å². The summed E-state index contributed by atoms with van der Waals surface area (Å²) in [5.41, 5.74) is 0. The van der Waals surface area contributed by atoms with Crippen molar-refractivity contribution < 1.29 is 29.4 Å². The zero-order chi connectivity index (χ0) is 28.6. The van der Waals surface area contributed by atoms with Gasteiger partial charge < -0.3 is 20.8 Å². The Labute approximate surface area is 231 Å². The lowest BCUT2D eigenvalue weighted by Crippen LogP contribution is -2.42. The van der Waals surface area contributed by atoms with Crippen LogP contribution in [-0.2, 0) is 19.2 Å². The van der Waals surface area contributed by atoms with Gasteiger partial charge in [0.25, 0.3) is 0 Å². The molecule has 0 spiro atoms. The van der Waals surface area contributed by atoms with Gasteiger partial charge in [-0.05, 0) is 32.1 Å². The van der Waals surface area contributed by atoms with E-state index < -0.39 is 36.1 Å². The lowest BCUT2D eigenvalue weighted by Gasteiger charge is -2.25. The normalized spacial score (nSPS) is 13.4. The van der Waals surface area contributed by atoms with E-state index in [1.165, 1.54) is 44.9 Å². The SMILES string of the molecule is CCCCCCCCNC(=O)C(CC)C(CCCCC(CC(=O)O)C(=O)O)C(=O)NCCCCCCCC. The molecule has 0 saturated heterocycles. The van der Waals surface area contributed by atoms with E-state index in [9.17, 15) is 24.3 Å². The minimum absolute atomic E-state index is 0.0879. The lowest BCUT2D eigenvalue weighted by atomic mass is 9.83. The van der Waals surface area contributed by atoms with Crippen molar-refractivity contribution >= 4 is 23.8 Å².